The first-order valence-electron chi connectivity index (χ1n) is 12.1. The first kappa shape index (κ1) is 27.9. The molecule has 0 spiro atoms. The minimum Gasteiger partial charge on any atom is -0.378 e. The predicted octanol–water partition coefficient (Wildman–Crippen LogP) is 5.10. The van der Waals surface area contributed by atoms with Gasteiger partial charge in [0.25, 0.3) is 0 Å². The standard InChI is InChI=1S/C17H29N3O2.C7H8O2S.C2H2/c1-13(2)16-18-17(22-19-16)20-10-8-14(9-11-20)12-21-15-6-4-3-5-7-15;1-10(8,9)7-5-3-2-4-6-7;1-2/h13-15H,3-12H2,1-2H3;2-6H,1H3;1-2H. The van der Waals surface area contributed by atoms with Crippen LogP contribution in [0.4, 0.5) is 6.01 Å². The van der Waals surface area contributed by atoms with Crippen LogP contribution in [0.3, 0.4) is 0 Å². The molecule has 1 saturated carbocycles. The maximum Gasteiger partial charge on any atom is 0.324 e. The van der Waals surface area contributed by atoms with E-state index in [0.717, 1.165) is 38.4 Å². The zero-order chi connectivity index (χ0) is 25.0. The molecule has 2 heterocycles. The Morgan fingerprint density at radius 2 is 1.68 bits per heavy atom. The van der Waals surface area contributed by atoms with Crippen LogP contribution in [0.15, 0.2) is 39.8 Å². The van der Waals surface area contributed by atoms with Gasteiger partial charge in [0.15, 0.2) is 15.7 Å². The molecule has 7 nitrogen and oxygen atoms in total. The molecule has 0 radical (unpaired) electrons. The molecule has 1 aliphatic heterocycles. The van der Waals surface area contributed by atoms with Gasteiger partial charge >= 0.3 is 6.01 Å². The minimum atomic E-state index is -3.00. The van der Waals surface area contributed by atoms with Gasteiger partial charge < -0.3 is 14.2 Å². The second-order valence-electron chi connectivity index (χ2n) is 9.20. The third kappa shape index (κ3) is 9.11. The molecule has 2 aromatic rings. The van der Waals surface area contributed by atoms with Crippen LogP contribution < -0.4 is 4.90 Å². The summed E-state index contributed by atoms with van der Waals surface area (Å²) < 4.78 is 33.2. The van der Waals surface area contributed by atoms with E-state index >= 15 is 0 Å². The zero-order valence-corrected chi connectivity index (χ0v) is 21.5. The number of hydrogen-bond acceptors (Lipinski definition) is 7. The van der Waals surface area contributed by atoms with Crippen LogP contribution in [-0.4, -0.2) is 50.6 Å². The van der Waals surface area contributed by atoms with E-state index in [2.05, 4.69) is 41.7 Å². The monoisotopic (exact) mass is 489 g/mol. The van der Waals surface area contributed by atoms with Crippen LogP contribution in [0, 0.1) is 18.8 Å². The van der Waals surface area contributed by atoms with E-state index in [-0.39, 0.29) is 0 Å². The van der Waals surface area contributed by atoms with Gasteiger partial charge in [-0.25, -0.2) is 8.42 Å². The predicted molar refractivity (Wildman–Crippen MR) is 136 cm³/mol. The molecule has 188 valence electrons. The molecule has 2 fully saturated rings. The Morgan fingerprint density at radius 1 is 1.06 bits per heavy atom. The van der Waals surface area contributed by atoms with Crippen LogP contribution in [0.5, 0.6) is 0 Å². The van der Waals surface area contributed by atoms with E-state index in [1.807, 2.05) is 0 Å². The Labute approximate surface area is 205 Å². The van der Waals surface area contributed by atoms with Gasteiger partial charge in [0, 0.05) is 31.9 Å². The molecule has 0 atom stereocenters. The number of benzene rings is 1. The van der Waals surface area contributed by atoms with Crippen molar-refractivity contribution in [1.82, 2.24) is 10.1 Å². The van der Waals surface area contributed by atoms with Crippen molar-refractivity contribution in [3.05, 3.63) is 36.2 Å². The molecular formula is C26H39N3O4S. The molecule has 4 rings (SSSR count). The van der Waals surface area contributed by atoms with Crippen LogP contribution in [0.2, 0.25) is 0 Å². The second-order valence-corrected chi connectivity index (χ2v) is 11.2. The van der Waals surface area contributed by atoms with Crippen LogP contribution in [0.25, 0.3) is 0 Å². The number of ether oxygens (including phenoxy) is 1. The Kier molecular flexibility index (Phi) is 11.6. The lowest BCUT2D eigenvalue weighted by atomic mass is 9.96. The molecule has 1 aromatic carbocycles. The van der Waals surface area contributed by atoms with Crippen molar-refractivity contribution in [3.63, 3.8) is 0 Å². The molecular weight excluding hydrogens is 450 g/mol. The molecule has 0 amide bonds. The van der Waals surface area contributed by atoms with E-state index in [0.29, 0.717) is 28.8 Å². The first-order valence-corrected chi connectivity index (χ1v) is 14.0. The number of aromatic nitrogens is 2. The smallest absolute Gasteiger partial charge is 0.324 e. The summed E-state index contributed by atoms with van der Waals surface area (Å²) in [6, 6.07) is 9.04. The number of rotatable bonds is 6. The molecule has 1 aromatic heterocycles. The van der Waals surface area contributed by atoms with Gasteiger partial charge in [0.2, 0.25) is 0 Å². The molecule has 2 aliphatic rings. The van der Waals surface area contributed by atoms with Crippen molar-refractivity contribution in [2.45, 2.75) is 75.7 Å². The summed E-state index contributed by atoms with van der Waals surface area (Å²) in [5.41, 5.74) is 0. The van der Waals surface area contributed by atoms with Gasteiger partial charge in [0.05, 0.1) is 11.0 Å². The van der Waals surface area contributed by atoms with E-state index in [9.17, 15) is 8.42 Å². The largest absolute Gasteiger partial charge is 0.378 e. The molecule has 1 saturated heterocycles. The van der Waals surface area contributed by atoms with Crippen LogP contribution >= 0.6 is 0 Å². The number of anilines is 1. The highest BCUT2D eigenvalue weighted by atomic mass is 32.2. The Morgan fingerprint density at radius 3 is 2.18 bits per heavy atom. The average Bonchev–Trinajstić information content (AvgIpc) is 3.36. The zero-order valence-electron chi connectivity index (χ0n) is 20.7. The van der Waals surface area contributed by atoms with Gasteiger partial charge in [-0.1, -0.05) is 56.5 Å². The van der Waals surface area contributed by atoms with Crippen molar-refractivity contribution >= 4 is 15.9 Å². The van der Waals surface area contributed by atoms with E-state index < -0.39 is 9.84 Å². The van der Waals surface area contributed by atoms with Gasteiger partial charge in [-0.15, -0.1) is 12.8 Å². The van der Waals surface area contributed by atoms with E-state index in [1.54, 1.807) is 30.3 Å². The molecule has 8 heteroatoms. The number of sulfone groups is 1. The third-order valence-electron chi connectivity index (χ3n) is 6.12. The van der Waals surface area contributed by atoms with Crippen molar-refractivity contribution in [1.29, 1.82) is 0 Å². The molecule has 0 unspecified atom stereocenters. The highest BCUT2D eigenvalue weighted by Crippen LogP contribution is 2.26. The first-order chi connectivity index (χ1) is 16.3. The van der Waals surface area contributed by atoms with Crippen molar-refractivity contribution in [2.75, 3.05) is 30.9 Å². The van der Waals surface area contributed by atoms with Gasteiger partial charge in [-0.2, -0.15) is 4.98 Å². The summed E-state index contributed by atoms with van der Waals surface area (Å²) in [5.74, 6) is 1.81. The summed E-state index contributed by atoms with van der Waals surface area (Å²) in [7, 11) is -3.00. The summed E-state index contributed by atoms with van der Waals surface area (Å²) >= 11 is 0. The fourth-order valence-electron chi connectivity index (χ4n) is 4.05. The Bertz CT molecular complexity index is 943. The van der Waals surface area contributed by atoms with Crippen LogP contribution in [0.1, 0.15) is 70.5 Å². The Hall–Kier alpha value is -2.37. The van der Waals surface area contributed by atoms with Crippen molar-refractivity contribution < 1.29 is 17.7 Å². The maximum absolute atomic E-state index is 10.8. The fourth-order valence-corrected chi connectivity index (χ4v) is 4.70. The van der Waals surface area contributed by atoms with Crippen molar-refractivity contribution in [3.8, 4) is 12.8 Å². The molecule has 1 aliphatic carbocycles. The van der Waals surface area contributed by atoms with Crippen molar-refractivity contribution in [2.24, 2.45) is 5.92 Å². The quantitative estimate of drug-likeness (QED) is 0.522. The second kappa shape index (κ2) is 14.1. The average molecular weight is 490 g/mol. The van der Waals surface area contributed by atoms with Gasteiger partial charge in [0.1, 0.15) is 0 Å². The van der Waals surface area contributed by atoms with Gasteiger partial charge in [-0.3, -0.25) is 0 Å². The highest BCUT2D eigenvalue weighted by molar-refractivity contribution is 7.90. The summed E-state index contributed by atoms with van der Waals surface area (Å²) in [6.07, 6.45) is 18.6. The molecule has 34 heavy (non-hydrogen) atoms. The highest BCUT2D eigenvalue weighted by Gasteiger charge is 2.25. The lowest BCUT2D eigenvalue weighted by Crippen LogP contribution is -2.36. The number of piperidine rings is 1. The lowest BCUT2D eigenvalue weighted by Gasteiger charge is -2.32. The van der Waals surface area contributed by atoms with Gasteiger partial charge in [-0.05, 0) is 43.7 Å². The molecule has 0 bridgehead atoms. The normalized spacial score (nSPS) is 17.4. The maximum atomic E-state index is 10.8. The van der Waals surface area contributed by atoms with Crippen LogP contribution in [-0.2, 0) is 14.6 Å². The minimum absolute atomic E-state index is 0.318. The summed E-state index contributed by atoms with van der Waals surface area (Å²) in [6.45, 7) is 7.10. The number of terminal acetylenes is 1. The number of hydrogen-bond donors (Lipinski definition) is 0. The topological polar surface area (TPSA) is 85.5 Å². The third-order valence-corrected chi connectivity index (χ3v) is 7.25. The fraction of sp³-hybridized carbons (Fsp3) is 0.615. The van der Waals surface area contributed by atoms with E-state index in [1.165, 1.54) is 38.4 Å². The summed E-state index contributed by atoms with van der Waals surface area (Å²) in [5, 5.41) is 4.05. The summed E-state index contributed by atoms with van der Waals surface area (Å²) in [4.78, 5) is 7.08. The van der Waals surface area contributed by atoms with E-state index in [4.69, 9.17) is 9.26 Å². The Balaban J connectivity index is 0.000000286. The number of nitrogens with zero attached hydrogens (tertiary/aromatic N) is 3. The molecule has 0 N–H and O–H groups in total. The lowest BCUT2D eigenvalue weighted by molar-refractivity contribution is 0.00342. The SMILES string of the molecule is C#C.CC(C)c1noc(N2CCC(COC3CCCCC3)CC2)n1.CS(=O)(=O)c1ccccc1.